The van der Waals surface area contributed by atoms with Gasteiger partial charge >= 0.3 is 29.8 Å². The third-order valence-corrected chi connectivity index (χ3v) is 12.6. The molecule has 0 heterocycles. The SMILES string of the molecule is C=CC(=O)OCCCCCCOc1ccc(CCC(=O)Oc2ccc3c(c2)cc(Oc2ccc(OCCCCCCOC(=O)C=C)cc2)c2cc(OC(=O)CCc4ccc(OCCCCCCOC(=O)C=C)cc4)ccc23)cc1. The summed E-state index contributed by atoms with van der Waals surface area (Å²) in [6.07, 6.45) is 15.4. The first-order valence-corrected chi connectivity index (χ1v) is 27.2. The van der Waals surface area contributed by atoms with Crippen molar-refractivity contribution in [3.8, 4) is 40.2 Å². The summed E-state index contributed by atoms with van der Waals surface area (Å²) in [6, 6.07) is 35.6. The molecule has 0 spiro atoms. The molecule has 416 valence electrons. The van der Waals surface area contributed by atoms with Crippen molar-refractivity contribution < 1.29 is 66.6 Å². The van der Waals surface area contributed by atoms with Gasteiger partial charge in [0, 0.05) is 36.5 Å². The maximum atomic E-state index is 13.3. The average molecular weight is 1080 g/mol. The molecule has 6 aromatic rings. The van der Waals surface area contributed by atoms with Gasteiger partial charge in [-0.2, -0.15) is 0 Å². The normalized spacial score (nSPS) is 10.8. The van der Waals surface area contributed by atoms with E-state index < -0.39 is 17.9 Å². The Bertz CT molecular complexity index is 2930. The molecule has 14 nitrogen and oxygen atoms in total. The number of esters is 5. The van der Waals surface area contributed by atoms with Crippen LogP contribution in [0.25, 0.3) is 21.5 Å². The van der Waals surface area contributed by atoms with Crippen molar-refractivity contribution in [3.63, 3.8) is 0 Å². The number of fused-ring (bicyclic) bond motifs is 3. The summed E-state index contributed by atoms with van der Waals surface area (Å²) in [7, 11) is 0. The second-order valence-corrected chi connectivity index (χ2v) is 18.7. The number of hydrogen-bond donors (Lipinski definition) is 0. The number of carbonyl (C=O) groups is 5. The van der Waals surface area contributed by atoms with Gasteiger partial charge in [-0.25, -0.2) is 14.4 Å². The van der Waals surface area contributed by atoms with Gasteiger partial charge in [0.25, 0.3) is 0 Å². The minimum atomic E-state index is -0.411. The molecule has 0 atom stereocenters. The van der Waals surface area contributed by atoms with Gasteiger partial charge in [-0.15, -0.1) is 0 Å². The zero-order valence-electron chi connectivity index (χ0n) is 45.1. The predicted octanol–water partition coefficient (Wildman–Crippen LogP) is 13.9. The van der Waals surface area contributed by atoms with E-state index in [-0.39, 0.29) is 24.8 Å². The number of hydrogen-bond acceptors (Lipinski definition) is 14. The summed E-state index contributed by atoms with van der Waals surface area (Å²) in [6.45, 7) is 13.0. The molecular formula is C65H72O14. The van der Waals surface area contributed by atoms with Crippen LogP contribution in [0.4, 0.5) is 0 Å². The van der Waals surface area contributed by atoms with Crippen molar-refractivity contribution in [2.75, 3.05) is 39.6 Å². The fraction of sp³-hybridized carbons (Fsp3) is 0.338. The van der Waals surface area contributed by atoms with Crippen molar-refractivity contribution in [2.24, 2.45) is 0 Å². The smallest absolute Gasteiger partial charge is 0.330 e. The Morgan fingerprint density at radius 1 is 0.354 bits per heavy atom. The van der Waals surface area contributed by atoms with Gasteiger partial charge in [0.1, 0.15) is 40.2 Å². The summed E-state index contributed by atoms with van der Waals surface area (Å²) in [5.41, 5.74) is 1.95. The van der Waals surface area contributed by atoms with E-state index in [0.717, 1.165) is 122 Å². The van der Waals surface area contributed by atoms with Gasteiger partial charge in [-0.1, -0.05) is 50.1 Å². The van der Waals surface area contributed by atoms with Crippen LogP contribution in [-0.2, 0) is 51.0 Å². The van der Waals surface area contributed by atoms with E-state index in [0.29, 0.717) is 86.6 Å². The van der Waals surface area contributed by atoms with Gasteiger partial charge in [0.05, 0.1) is 39.6 Å². The molecule has 0 amide bonds. The maximum Gasteiger partial charge on any atom is 0.330 e. The van der Waals surface area contributed by atoms with Crippen LogP contribution < -0.4 is 28.4 Å². The lowest BCUT2D eigenvalue weighted by Gasteiger charge is -2.15. The van der Waals surface area contributed by atoms with E-state index in [1.807, 2.05) is 97.1 Å². The highest BCUT2D eigenvalue weighted by Gasteiger charge is 2.15. The number of unbranched alkanes of at least 4 members (excludes halogenated alkanes) is 9. The molecule has 0 fully saturated rings. The topological polar surface area (TPSA) is 168 Å². The molecular weight excluding hydrogens is 1000 g/mol. The first-order valence-electron chi connectivity index (χ1n) is 27.2. The van der Waals surface area contributed by atoms with Gasteiger partial charge in [-0.3, -0.25) is 9.59 Å². The fourth-order valence-corrected chi connectivity index (χ4v) is 8.33. The lowest BCUT2D eigenvalue weighted by atomic mass is 10.0. The quantitative estimate of drug-likeness (QED) is 0.00902. The Kier molecular flexibility index (Phi) is 25.5. The monoisotopic (exact) mass is 1080 g/mol. The van der Waals surface area contributed by atoms with Crippen LogP contribution in [0.3, 0.4) is 0 Å². The molecule has 0 N–H and O–H groups in total. The van der Waals surface area contributed by atoms with E-state index in [4.69, 9.17) is 42.6 Å². The standard InChI is InChI=1S/C65H72O14/c1-4-61(66)74-42-16-10-7-13-39-71-51-25-19-48(20-26-51)23-37-64(69)78-55-33-35-57-50(45-55)46-60(77-54-31-29-53(30-32-54)73-41-15-9-12-18-44-76-63(68)6-3)59-47-56(34-36-58(57)59)79-65(70)38-24-49-21-27-52(28-22-49)72-40-14-8-11-17-43-75-62(67)5-2/h4-6,19-22,25-36,45-47H,1-3,7-18,23-24,37-44H2. The van der Waals surface area contributed by atoms with Gasteiger partial charge in [-0.05, 0) is 202 Å². The van der Waals surface area contributed by atoms with Crippen LogP contribution in [0.2, 0.25) is 0 Å². The van der Waals surface area contributed by atoms with Crippen LogP contribution in [0.1, 0.15) is 101 Å². The Balaban J connectivity index is 1.04. The van der Waals surface area contributed by atoms with Crippen molar-refractivity contribution in [1.82, 2.24) is 0 Å². The van der Waals surface area contributed by atoms with Gasteiger partial charge in [0.15, 0.2) is 0 Å². The summed E-state index contributed by atoms with van der Waals surface area (Å²) < 4.78 is 51.2. The number of ether oxygens (including phenoxy) is 9. The average Bonchev–Trinajstić information content (AvgIpc) is 3.48. The fourth-order valence-electron chi connectivity index (χ4n) is 8.33. The number of benzene rings is 6. The molecule has 0 aliphatic heterocycles. The third-order valence-electron chi connectivity index (χ3n) is 12.6. The van der Waals surface area contributed by atoms with Crippen molar-refractivity contribution in [3.05, 3.63) is 164 Å². The molecule has 0 aliphatic rings. The second kappa shape index (κ2) is 33.7. The third kappa shape index (κ3) is 21.9. The molecule has 0 saturated heterocycles. The van der Waals surface area contributed by atoms with Crippen LogP contribution in [0.5, 0.6) is 40.2 Å². The van der Waals surface area contributed by atoms with E-state index >= 15 is 0 Å². The minimum Gasteiger partial charge on any atom is -0.494 e. The number of aryl methyl sites for hydroxylation is 2. The van der Waals surface area contributed by atoms with Crippen LogP contribution in [0, 0.1) is 0 Å². The Morgan fingerprint density at radius 3 is 1.13 bits per heavy atom. The van der Waals surface area contributed by atoms with Gasteiger partial charge in [0.2, 0.25) is 0 Å². The Morgan fingerprint density at radius 2 is 0.709 bits per heavy atom. The highest BCUT2D eigenvalue weighted by Crippen LogP contribution is 2.39. The Labute approximate surface area is 463 Å². The molecule has 0 saturated carbocycles. The predicted molar refractivity (Wildman–Crippen MR) is 304 cm³/mol. The van der Waals surface area contributed by atoms with Crippen molar-refractivity contribution in [1.29, 1.82) is 0 Å². The first kappa shape index (κ1) is 59.8. The molecule has 0 unspecified atom stereocenters. The Hall–Kier alpha value is -8.39. The summed E-state index contributed by atoms with van der Waals surface area (Å²) in [4.78, 5) is 60.0. The highest BCUT2D eigenvalue weighted by molar-refractivity contribution is 6.11. The summed E-state index contributed by atoms with van der Waals surface area (Å²) in [5.74, 6) is 2.05. The van der Waals surface area contributed by atoms with E-state index in [1.165, 1.54) is 12.2 Å². The second-order valence-electron chi connectivity index (χ2n) is 18.7. The molecule has 0 aromatic heterocycles. The van der Waals surface area contributed by atoms with Crippen molar-refractivity contribution >= 4 is 51.4 Å². The maximum absolute atomic E-state index is 13.3. The van der Waals surface area contributed by atoms with E-state index in [2.05, 4.69) is 19.7 Å². The zero-order valence-corrected chi connectivity index (χ0v) is 45.1. The first-order chi connectivity index (χ1) is 38.6. The molecule has 6 aromatic carbocycles. The zero-order chi connectivity index (χ0) is 55.9. The number of carbonyl (C=O) groups excluding carboxylic acids is 5. The van der Waals surface area contributed by atoms with E-state index in [9.17, 15) is 24.0 Å². The molecule has 0 radical (unpaired) electrons. The van der Waals surface area contributed by atoms with Crippen LogP contribution in [-0.4, -0.2) is 69.5 Å². The summed E-state index contributed by atoms with van der Waals surface area (Å²) in [5, 5.41) is 3.21. The molecule has 6 rings (SSSR count). The van der Waals surface area contributed by atoms with E-state index in [1.54, 1.807) is 18.2 Å². The molecule has 79 heavy (non-hydrogen) atoms. The summed E-state index contributed by atoms with van der Waals surface area (Å²) >= 11 is 0. The molecule has 0 bridgehead atoms. The van der Waals surface area contributed by atoms with Gasteiger partial charge < -0.3 is 42.6 Å². The molecule has 14 heteroatoms. The van der Waals surface area contributed by atoms with Crippen LogP contribution in [0.15, 0.2) is 153 Å². The largest absolute Gasteiger partial charge is 0.494 e. The van der Waals surface area contributed by atoms with Crippen molar-refractivity contribution in [2.45, 2.75) is 103 Å². The minimum absolute atomic E-state index is 0.161. The lowest BCUT2D eigenvalue weighted by Crippen LogP contribution is -2.09. The molecule has 0 aliphatic carbocycles. The number of rotatable bonds is 37. The highest BCUT2D eigenvalue weighted by atomic mass is 16.6. The lowest BCUT2D eigenvalue weighted by molar-refractivity contribution is -0.138. The van der Waals surface area contributed by atoms with Crippen LogP contribution >= 0.6 is 0 Å².